The first kappa shape index (κ1) is 10.1. The van der Waals surface area contributed by atoms with E-state index in [1.54, 1.807) is 0 Å². The minimum absolute atomic E-state index is 0.424. The van der Waals surface area contributed by atoms with Gasteiger partial charge in [0.2, 0.25) is 0 Å². The van der Waals surface area contributed by atoms with Crippen molar-refractivity contribution in [1.29, 1.82) is 0 Å². The highest BCUT2D eigenvalue weighted by atomic mass is 32.1. The van der Waals surface area contributed by atoms with Gasteiger partial charge in [0.1, 0.15) is 6.04 Å². The topological polar surface area (TPSA) is 65.2 Å². The van der Waals surface area contributed by atoms with Crippen molar-refractivity contribution in [3.63, 3.8) is 0 Å². The first-order chi connectivity index (χ1) is 6.06. The molecular formula is C8H12N2O2S. The SMILES string of the molecule is COC(=O)C(N)c1sc(C)nc1C. The van der Waals surface area contributed by atoms with Crippen LogP contribution < -0.4 is 5.73 Å². The summed E-state index contributed by atoms with van der Waals surface area (Å²) < 4.78 is 4.55. The molecule has 0 spiro atoms. The minimum atomic E-state index is -0.698. The van der Waals surface area contributed by atoms with Crippen molar-refractivity contribution in [2.75, 3.05) is 7.11 Å². The van der Waals surface area contributed by atoms with Crippen molar-refractivity contribution < 1.29 is 9.53 Å². The lowest BCUT2D eigenvalue weighted by molar-refractivity contribution is -0.142. The number of thiazole rings is 1. The van der Waals surface area contributed by atoms with Crippen LogP contribution in [0.4, 0.5) is 0 Å². The second-order valence-electron chi connectivity index (χ2n) is 2.68. The standard InChI is InChI=1S/C8H12N2O2S/c1-4-7(13-5(2)10-4)6(9)8(11)12-3/h6H,9H2,1-3H3. The lowest BCUT2D eigenvalue weighted by Crippen LogP contribution is -2.22. The largest absolute Gasteiger partial charge is 0.468 e. The summed E-state index contributed by atoms with van der Waals surface area (Å²) in [6.07, 6.45) is 0. The Morgan fingerprint density at radius 3 is 2.62 bits per heavy atom. The van der Waals surface area contributed by atoms with Crippen LogP contribution in [-0.2, 0) is 9.53 Å². The molecule has 0 radical (unpaired) electrons. The molecule has 0 aliphatic heterocycles. The number of hydrogen-bond acceptors (Lipinski definition) is 5. The summed E-state index contributed by atoms with van der Waals surface area (Å²) in [5, 5.41) is 0.909. The molecule has 1 atom stereocenters. The van der Waals surface area contributed by atoms with Crippen molar-refractivity contribution in [3.05, 3.63) is 15.6 Å². The van der Waals surface area contributed by atoms with Crippen molar-refractivity contribution in [3.8, 4) is 0 Å². The van der Waals surface area contributed by atoms with E-state index >= 15 is 0 Å². The molecule has 0 aliphatic rings. The number of carbonyl (C=O) groups excluding carboxylic acids is 1. The molecular weight excluding hydrogens is 188 g/mol. The zero-order valence-corrected chi connectivity index (χ0v) is 8.64. The Morgan fingerprint density at radius 2 is 2.23 bits per heavy atom. The number of methoxy groups -OCH3 is 1. The second-order valence-corrected chi connectivity index (χ2v) is 3.92. The molecule has 0 fully saturated rings. The Hall–Kier alpha value is -0.940. The fourth-order valence-electron chi connectivity index (χ4n) is 1.07. The van der Waals surface area contributed by atoms with E-state index in [2.05, 4.69) is 9.72 Å². The van der Waals surface area contributed by atoms with Crippen LogP contribution in [0.2, 0.25) is 0 Å². The zero-order chi connectivity index (χ0) is 10.0. The maximum atomic E-state index is 11.1. The number of nitrogens with zero attached hydrogens (tertiary/aromatic N) is 1. The van der Waals surface area contributed by atoms with Crippen molar-refractivity contribution in [2.45, 2.75) is 19.9 Å². The fraction of sp³-hybridized carbons (Fsp3) is 0.500. The smallest absolute Gasteiger partial charge is 0.328 e. The Bertz CT molecular complexity index is 322. The number of aromatic nitrogens is 1. The Balaban J connectivity index is 2.94. The number of hydrogen-bond donors (Lipinski definition) is 1. The fourth-order valence-corrected chi connectivity index (χ4v) is 1.99. The van der Waals surface area contributed by atoms with Gasteiger partial charge in [0.05, 0.1) is 22.7 Å². The third-order valence-corrected chi connectivity index (χ3v) is 2.83. The minimum Gasteiger partial charge on any atom is -0.468 e. The molecule has 2 N–H and O–H groups in total. The molecule has 72 valence electrons. The number of ether oxygens (including phenoxy) is 1. The Kier molecular flexibility index (Phi) is 3.00. The Morgan fingerprint density at radius 1 is 1.62 bits per heavy atom. The van der Waals surface area contributed by atoms with Gasteiger partial charge in [0, 0.05) is 0 Å². The molecule has 0 bridgehead atoms. The highest BCUT2D eigenvalue weighted by molar-refractivity contribution is 7.11. The third kappa shape index (κ3) is 2.05. The molecule has 4 nitrogen and oxygen atoms in total. The average molecular weight is 200 g/mol. The van der Waals surface area contributed by atoms with Gasteiger partial charge < -0.3 is 10.5 Å². The van der Waals surface area contributed by atoms with E-state index in [4.69, 9.17) is 5.73 Å². The monoisotopic (exact) mass is 200 g/mol. The van der Waals surface area contributed by atoms with Crippen molar-refractivity contribution >= 4 is 17.3 Å². The molecule has 1 aromatic rings. The molecule has 0 amide bonds. The van der Waals surface area contributed by atoms with Gasteiger partial charge in [-0.1, -0.05) is 0 Å². The van der Waals surface area contributed by atoms with Crippen LogP contribution in [0.3, 0.4) is 0 Å². The summed E-state index contributed by atoms with van der Waals surface area (Å²) in [4.78, 5) is 16.1. The second kappa shape index (κ2) is 3.85. The summed E-state index contributed by atoms with van der Waals surface area (Å²) >= 11 is 1.43. The predicted octanol–water partition coefficient (Wildman–Crippen LogP) is 0.933. The number of nitrogens with two attached hydrogens (primary N) is 1. The van der Waals surface area contributed by atoms with E-state index in [1.165, 1.54) is 18.4 Å². The van der Waals surface area contributed by atoms with Crippen LogP contribution in [0.5, 0.6) is 0 Å². The molecule has 0 saturated heterocycles. The zero-order valence-electron chi connectivity index (χ0n) is 7.83. The number of esters is 1. The van der Waals surface area contributed by atoms with Crippen LogP contribution >= 0.6 is 11.3 Å². The molecule has 13 heavy (non-hydrogen) atoms. The molecule has 5 heteroatoms. The average Bonchev–Trinajstić information content (AvgIpc) is 2.42. The summed E-state index contributed by atoms with van der Waals surface area (Å²) in [5.74, 6) is -0.424. The highest BCUT2D eigenvalue weighted by Gasteiger charge is 2.21. The van der Waals surface area contributed by atoms with Crippen molar-refractivity contribution in [1.82, 2.24) is 4.98 Å². The summed E-state index contributed by atoms with van der Waals surface area (Å²) in [5.41, 5.74) is 6.47. The summed E-state index contributed by atoms with van der Waals surface area (Å²) in [6, 6.07) is -0.698. The van der Waals surface area contributed by atoms with Crippen LogP contribution in [0.1, 0.15) is 21.6 Å². The summed E-state index contributed by atoms with van der Waals surface area (Å²) in [6.45, 7) is 3.72. The lowest BCUT2D eigenvalue weighted by Gasteiger charge is -2.06. The quantitative estimate of drug-likeness (QED) is 0.721. The molecule has 1 unspecified atom stereocenters. The van der Waals surface area contributed by atoms with Crippen LogP contribution in [0.15, 0.2) is 0 Å². The molecule has 0 saturated carbocycles. The number of aryl methyl sites for hydroxylation is 2. The van der Waals surface area contributed by atoms with Crippen molar-refractivity contribution in [2.24, 2.45) is 5.73 Å². The molecule has 0 aromatic carbocycles. The van der Waals surface area contributed by atoms with Crippen LogP contribution in [-0.4, -0.2) is 18.1 Å². The maximum absolute atomic E-state index is 11.1. The van der Waals surface area contributed by atoms with Gasteiger partial charge in [-0.15, -0.1) is 11.3 Å². The first-order valence-electron chi connectivity index (χ1n) is 3.83. The molecule has 0 aliphatic carbocycles. The molecule has 1 heterocycles. The van der Waals surface area contributed by atoms with Crippen LogP contribution in [0, 0.1) is 13.8 Å². The highest BCUT2D eigenvalue weighted by Crippen LogP contribution is 2.23. The van der Waals surface area contributed by atoms with Gasteiger partial charge in [0.15, 0.2) is 0 Å². The van der Waals surface area contributed by atoms with Gasteiger partial charge >= 0.3 is 5.97 Å². The van der Waals surface area contributed by atoms with Gasteiger partial charge in [-0.05, 0) is 13.8 Å². The van der Waals surface area contributed by atoms with E-state index in [9.17, 15) is 4.79 Å². The van der Waals surface area contributed by atoms with E-state index in [1.807, 2.05) is 13.8 Å². The van der Waals surface area contributed by atoms with Gasteiger partial charge in [-0.3, -0.25) is 0 Å². The normalized spacial score (nSPS) is 12.6. The van der Waals surface area contributed by atoms with E-state index in [0.717, 1.165) is 15.6 Å². The molecule has 1 rings (SSSR count). The Labute approximate surface area is 80.7 Å². The van der Waals surface area contributed by atoms with Crippen LogP contribution in [0.25, 0.3) is 0 Å². The van der Waals surface area contributed by atoms with Gasteiger partial charge in [-0.25, -0.2) is 9.78 Å². The van der Waals surface area contributed by atoms with E-state index < -0.39 is 12.0 Å². The predicted molar refractivity (Wildman–Crippen MR) is 50.5 cm³/mol. The number of carbonyl (C=O) groups is 1. The summed E-state index contributed by atoms with van der Waals surface area (Å²) in [7, 11) is 1.32. The number of rotatable bonds is 2. The maximum Gasteiger partial charge on any atom is 0.328 e. The van der Waals surface area contributed by atoms with E-state index in [0.29, 0.717) is 0 Å². The first-order valence-corrected chi connectivity index (χ1v) is 4.65. The van der Waals surface area contributed by atoms with Gasteiger partial charge in [-0.2, -0.15) is 0 Å². The van der Waals surface area contributed by atoms with E-state index in [-0.39, 0.29) is 0 Å². The molecule has 1 aromatic heterocycles. The van der Waals surface area contributed by atoms with Gasteiger partial charge in [0.25, 0.3) is 0 Å². The lowest BCUT2D eigenvalue weighted by atomic mass is 10.2. The third-order valence-electron chi connectivity index (χ3n) is 1.68.